The average Bonchev–Trinajstić information content (AvgIpc) is 3.55. The first kappa shape index (κ1) is 19.9. The molecular weight excluding hydrogens is 436 g/mol. The summed E-state index contributed by atoms with van der Waals surface area (Å²) in [6.07, 6.45) is 0.701. The monoisotopic (exact) mass is 454 g/mol. The van der Waals surface area contributed by atoms with Gasteiger partial charge in [-0.15, -0.1) is 10.2 Å². The number of methoxy groups -OCH3 is 1. The van der Waals surface area contributed by atoms with Gasteiger partial charge in [0, 0.05) is 31.2 Å². The van der Waals surface area contributed by atoms with Gasteiger partial charge in [0.2, 0.25) is 17.5 Å². The molecule has 0 spiro atoms. The maximum atomic E-state index is 13.0. The van der Waals surface area contributed by atoms with E-state index in [0.29, 0.717) is 53.4 Å². The van der Waals surface area contributed by atoms with Crippen molar-refractivity contribution in [2.75, 3.05) is 13.7 Å². The number of thioether (sulfide) groups is 1. The molecule has 0 saturated carbocycles. The fourth-order valence-corrected chi connectivity index (χ4v) is 4.76. The number of para-hydroxylation sites is 1. The molecule has 4 heterocycles. The van der Waals surface area contributed by atoms with Gasteiger partial charge in [-0.3, -0.25) is 13.8 Å². The number of benzene rings is 1. The highest BCUT2D eigenvalue weighted by Crippen LogP contribution is 2.26. The molecule has 0 atom stereocenters. The van der Waals surface area contributed by atoms with Gasteiger partial charge < -0.3 is 9.26 Å². The van der Waals surface area contributed by atoms with Crippen molar-refractivity contribution in [1.29, 1.82) is 0 Å². The summed E-state index contributed by atoms with van der Waals surface area (Å²) in [5.41, 5.74) is 1.62. The fourth-order valence-electron chi connectivity index (χ4n) is 3.34. The van der Waals surface area contributed by atoms with E-state index < -0.39 is 0 Å². The van der Waals surface area contributed by atoms with E-state index in [1.165, 1.54) is 11.8 Å². The molecule has 1 aromatic carbocycles. The number of hydrogen-bond acceptors (Lipinski definition) is 9. The number of fused-ring (bicyclic) bond motifs is 3. The summed E-state index contributed by atoms with van der Waals surface area (Å²) in [6, 6.07) is 9.43. The lowest BCUT2D eigenvalue weighted by atomic mass is 10.2. The van der Waals surface area contributed by atoms with Crippen LogP contribution in [0.5, 0.6) is 0 Å². The molecule has 158 valence electrons. The molecule has 5 aromatic rings. The third-order valence-electron chi connectivity index (χ3n) is 4.78. The lowest BCUT2D eigenvalue weighted by Crippen LogP contribution is -2.24. The second kappa shape index (κ2) is 8.61. The number of hydrogen-bond donors (Lipinski definition) is 0. The second-order valence-electron chi connectivity index (χ2n) is 6.75. The van der Waals surface area contributed by atoms with Crippen LogP contribution in [0.2, 0.25) is 0 Å². The van der Waals surface area contributed by atoms with Gasteiger partial charge in [-0.1, -0.05) is 29.1 Å². The quantitative estimate of drug-likeness (QED) is 0.259. The lowest BCUT2D eigenvalue weighted by molar-refractivity contribution is 0.190. The van der Waals surface area contributed by atoms with Crippen LogP contribution in [0.15, 0.2) is 55.6 Å². The third kappa shape index (κ3) is 3.75. The molecule has 0 aliphatic rings. The van der Waals surface area contributed by atoms with Crippen LogP contribution in [-0.2, 0) is 17.0 Å². The van der Waals surface area contributed by atoms with Crippen LogP contribution in [0.25, 0.3) is 28.1 Å². The van der Waals surface area contributed by atoms with Gasteiger partial charge >= 0.3 is 0 Å². The van der Waals surface area contributed by atoms with Gasteiger partial charge in [-0.25, -0.2) is 0 Å². The molecule has 0 aliphatic heterocycles. The molecule has 0 N–H and O–H groups in total. The largest absolute Gasteiger partial charge is 0.385 e. The maximum absolute atomic E-state index is 13.0. The standard InChI is InChI=1S/C20H18N6O3S2/c1-28-9-4-8-25-18(27)14-5-2-3-6-15(14)26-19(25)22-23-20(26)31-12-16-21-17(24-29-16)13-7-10-30-11-13/h2-3,5-7,10-11H,4,8-9,12H2,1H3. The minimum Gasteiger partial charge on any atom is -0.385 e. The third-order valence-corrected chi connectivity index (χ3v) is 6.38. The fraction of sp³-hybridized carbons (Fsp3) is 0.250. The minimum atomic E-state index is -0.0829. The average molecular weight is 455 g/mol. The number of aromatic nitrogens is 6. The molecule has 0 bridgehead atoms. The summed E-state index contributed by atoms with van der Waals surface area (Å²) in [5.74, 6) is 2.02. The van der Waals surface area contributed by atoms with E-state index in [-0.39, 0.29) is 5.56 Å². The van der Waals surface area contributed by atoms with E-state index in [9.17, 15) is 4.79 Å². The molecule has 0 saturated heterocycles. The smallest absolute Gasteiger partial charge is 0.262 e. The zero-order valence-electron chi connectivity index (χ0n) is 16.6. The zero-order valence-corrected chi connectivity index (χ0v) is 18.2. The summed E-state index contributed by atoms with van der Waals surface area (Å²) in [4.78, 5) is 17.5. The van der Waals surface area contributed by atoms with Crippen molar-refractivity contribution in [3.8, 4) is 11.4 Å². The Morgan fingerprint density at radius 1 is 1.23 bits per heavy atom. The molecule has 5 rings (SSSR count). The predicted molar refractivity (Wildman–Crippen MR) is 118 cm³/mol. The summed E-state index contributed by atoms with van der Waals surface area (Å²) in [6.45, 7) is 1.06. The predicted octanol–water partition coefficient (Wildman–Crippen LogP) is 3.48. The normalized spacial score (nSPS) is 11.6. The van der Waals surface area contributed by atoms with Crippen LogP contribution in [0.1, 0.15) is 12.3 Å². The van der Waals surface area contributed by atoms with Gasteiger partial charge in [-0.05, 0) is 30.0 Å². The Kier molecular flexibility index (Phi) is 5.53. The SMILES string of the molecule is COCCCn1c(=O)c2ccccc2n2c(SCc3nc(-c4ccsc4)no3)nnc12. The Balaban J connectivity index is 1.50. The molecule has 0 amide bonds. The molecule has 0 unspecified atom stereocenters. The van der Waals surface area contributed by atoms with Gasteiger partial charge in [0.05, 0.1) is 16.7 Å². The van der Waals surface area contributed by atoms with Crippen LogP contribution < -0.4 is 5.56 Å². The molecule has 0 radical (unpaired) electrons. The Hall–Kier alpha value is -3.02. The van der Waals surface area contributed by atoms with Crippen LogP contribution in [0.3, 0.4) is 0 Å². The Morgan fingerprint density at radius 2 is 2.13 bits per heavy atom. The Bertz CT molecular complexity index is 1390. The highest BCUT2D eigenvalue weighted by atomic mass is 32.2. The Labute approximate surface area is 184 Å². The van der Waals surface area contributed by atoms with Crippen molar-refractivity contribution in [2.24, 2.45) is 0 Å². The van der Waals surface area contributed by atoms with Crippen molar-refractivity contribution < 1.29 is 9.26 Å². The lowest BCUT2D eigenvalue weighted by Gasteiger charge is -2.10. The molecular formula is C20H18N6O3S2. The molecule has 31 heavy (non-hydrogen) atoms. The van der Waals surface area contributed by atoms with E-state index in [4.69, 9.17) is 9.26 Å². The number of rotatable bonds is 8. The Morgan fingerprint density at radius 3 is 2.97 bits per heavy atom. The first-order chi connectivity index (χ1) is 15.3. The van der Waals surface area contributed by atoms with Crippen molar-refractivity contribution in [2.45, 2.75) is 23.9 Å². The van der Waals surface area contributed by atoms with E-state index in [1.807, 2.05) is 45.5 Å². The summed E-state index contributed by atoms with van der Waals surface area (Å²) in [7, 11) is 1.64. The van der Waals surface area contributed by atoms with Gasteiger partial charge in [0.1, 0.15) is 0 Å². The van der Waals surface area contributed by atoms with E-state index in [2.05, 4.69) is 20.3 Å². The highest BCUT2D eigenvalue weighted by molar-refractivity contribution is 7.98. The van der Waals surface area contributed by atoms with Crippen LogP contribution in [0.4, 0.5) is 0 Å². The van der Waals surface area contributed by atoms with Crippen LogP contribution >= 0.6 is 23.1 Å². The van der Waals surface area contributed by atoms with Gasteiger partial charge in [0.25, 0.3) is 5.56 Å². The van der Waals surface area contributed by atoms with Crippen molar-refractivity contribution >= 4 is 39.8 Å². The second-order valence-corrected chi connectivity index (χ2v) is 8.47. The molecule has 11 heteroatoms. The van der Waals surface area contributed by atoms with Gasteiger partial charge in [0.15, 0.2) is 5.16 Å². The number of thiophene rings is 1. The summed E-state index contributed by atoms with van der Waals surface area (Å²) in [5, 5.41) is 17.9. The summed E-state index contributed by atoms with van der Waals surface area (Å²) < 4.78 is 14.1. The number of aryl methyl sites for hydroxylation is 1. The molecule has 0 aliphatic carbocycles. The van der Waals surface area contributed by atoms with Crippen LogP contribution in [-0.4, -0.2) is 43.0 Å². The van der Waals surface area contributed by atoms with E-state index in [0.717, 1.165) is 11.1 Å². The molecule has 0 fully saturated rings. The number of ether oxygens (including phenoxy) is 1. The first-order valence-electron chi connectivity index (χ1n) is 9.60. The van der Waals surface area contributed by atoms with E-state index >= 15 is 0 Å². The minimum absolute atomic E-state index is 0.0829. The molecule has 4 aromatic heterocycles. The van der Waals surface area contributed by atoms with Crippen molar-refractivity contribution in [1.82, 2.24) is 29.3 Å². The van der Waals surface area contributed by atoms with Crippen molar-refractivity contribution in [3.63, 3.8) is 0 Å². The maximum Gasteiger partial charge on any atom is 0.262 e. The van der Waals surface area contributed by atoms with Crippen molar-refractivity contribution in [3.05, 3.63) is 57.3 Å². The first-order valence-corrected chi connectivity index (χ1v) is 11.5. The van der Waals surface area contributed by atoms with Gasteiger partial charge in [-0.2, -0.15) is 16.3 Å². The van der Waals surface area contributed by atoms with E-state index in [1.54, 1.807) is 23.0 Å². The summed E-state index contributed by atoms with van der Waals surface area (Å²) >= 11 is 3.02. The number of nitrogens with zero attached hydrogens (tertiary/aromatic N) is 6. The van der Waals surface area contributed by atoms with Crippen LogP contribution in [0, 0.1) is 0 Å². The zero-order chi connectivity index (χ0) is 21.2. The highest BCUT2D eigenvalue weighted by Gasteiger charge is 2.18. The molecule has 9 nitrogen and oxygen atoms in total. The topological polar surface area (TPSA) is 100 Å².